The Morgan fingerprint density at radius 3 is 2.72 bits per heavy atom. The second-order valence-electron chi connectivity index (χ2n) is 4.23. The molecule has 2 N–H and O–H groups in total. The van der Waals surface area contributed by atoms with E-state index in [2.05, 4.69) is 25.3 Å². The average molecular weight is 247 g/mol. The summed E-state index contributed by atoms with van der Waals surface area (Å²) in [6.07, 6.45) is 5.26. The van der Waals surface area contributed by atoms with Crippen LogP contribution in [0.15, 0.2) is 24.7 Å². The lowest BCUT2D eigenvalue weighted by molar-refractivity contribution is 0.232. The molecule has 1 atom stereocenters. The fraction of sp³-hybridized carbons (Fsp3) is 0.417. The smallest absolute Gasteiger partial charge is 0.226 e. The van der Waals surface area contributed by atoms with Gasteiger partial charge < -0.3 is 15.0 Å². The Hall–Kier alpha value is -2.11. The Morgan fingerprint density at radius 2 is 2.06 bits per heavy atom. The lowest BCUT2D eigenvalue weighted by Crippen LogP contribution is -2.12. The number of nitrogens with zero attached hydrogens (tertiary/aromatic N) is 3. The Bertz CT molecular complexity index is 483. The third-order valence-electron chi connectivity index (χ3n) is 2.26. The van der Waals surface area contributed by atoms with Gasteiger partial charge in [-0.3, -0.25) is 0 Å². The van der Waals surface area contributed by atoms with E-state index in [9.17, 15) is 0 Å². The molecule has 1 unspecified atom stereocenters. The van der Waals surface area contributed by atoms with Crippen molar-refractivity contribution < 1.29 is 4.74 Å². The highest BCUT2D eigenvalue weighted by Gasteiger charge is 2.09. The van der Waals surface area contributed by atoms with E-state index in [4.69, 9.17) is 4.74 Å². The third-order valence-corrected chi connectivity index (χ3v) is 2.26. The van der Waals surface area contributed by atoms with E-state index in [0.717, 1.165) is 5.82 Å². The molecule has 2 heterocycles. The number of nitrogens with one attached hydrogen (secondary N) is 2. The Kier molecular flexibility index (Phi) is 3.76. The Labute approximate surface area is 106 Å². The first-order valence-corrected chi connectivity index (χ1v) is 5.90. The van der Waals surface area contributed by atoms with Crippen molar-refractivity contribution in [2.45, 2.75) is 32.9 Å². The van der Waals surface area contributed by atoms with Crippen LogP contribution in [0, 0.1) is 0 Å². The Morgan fingerprint density at radius 1 is 1.22 bits per heavy atom. The van der Waals surface area contributed by atoms with Crippen LogP contribution in [-0.4, -0.2) is 26.0 Å². The standard InChI is InChI=1S/C12H17N5O/c1-8(2)18-10-4-5-15-12(17-10)16-9(3)11-13-6-7-14-11/h4-9H,1-3H3,(H,13,14)(H,15,16,17). The van der Waals surface area contributed by atoms with Gasteiger partial charge in [0.15, 0.2) is 0 Å². The molecule has 2 rings (SSSR count). The number of hydrogen-bond acceptors (Lipinski definition) is 5. The molecule has 0 bridgehead atoms. The first kappa shape index (κ1) is 12.3. The number of ether oxygens (including phenoxy) is 1. The van der Waals surface area contributed by atoms with Crippen LogP contribution in [0.1, 0.15) is 32.6 Å². The molecule has 0 amide bonds. The van der Waals surface area contributed by atoms with Crippen molar-refractivity contribution in [1.29, 1.82) is 0 Å². The molecule has 96 valence electrons. The van der Waals surface area contributed by atoms with Crippen LogP contribution in [0.25, 0.3) is 0 Å². The highest BCUT2D eigenvalue weighted by molar-refractivity contribution is 5.29. The summed E-state index contributed by atoms with van der Waals surface area (Å²) in [4.78, 5) is 15.7. The summed E-state index contributed by atoms with van der Waals surface area (Å²) in [6, 6.07) is 1.75. The minimum absolute atomic E-state index is 0.00861. The van der Waals surface area contributed by atoms with E-state index in [0.29, 0.717) is 11.8 Å². The van der Waals surface area contributed by atoms with E-state index in [1.807, 2.05) is 20.8 Å². The van der Waals surface area contributed by atoms with Crippen LogP contribution >= 0.6 is 0 Å². The molecule has 6 nitrogen and oxygen atoms in total. The Balaban J connectivity index is 2.05. The zero-order valence-corrected chi connectivity index (χ0v) is 10.7. The van der Waals surface area contributed by atoms with Crippen LogP contribution in [0.3, 0.4) is 0 Å². The number of H-pyrrole nitrogens is 1. The number of anilines is 1. The first-order chi connectivity index (χ1) is 8.65. The van der Waals surface area contributed by atoms with Gasteiger partial charge in [0.25, 0.3) is 0 Å². The number of aromatic amines is 1. The highest BCUT2D eigenvalue weighted by atomic mass is 16.5. The lowest BCUT2D eigenvalue weighted by Gasteiger charge is -2.13. The monoisotopic (exact) mass is 247 g/mol. The average Bonchev–Trinajstić information content (AvgIpc) is 2.81. The molecule has 0 spiro atoms. The summed E-state index contributed by atoms with van der Waals surface area (Å²) in [5.74, 6) is 1.93. The third kappa shape index (κ3) is 3.19. The molecular weight excluding hydrogens is 230 g/mol. The second kappa shape index (κ2) is 5.48. The molecule has 0 aliphatic carbocycles. The van der Waals surface area contributed by atoms with Gasteiger partial charge in [0.1, 0.15) is 5.82 Å². The molecular formula is C12H17N5O. The van der Waals surface area contributed by atoms with E-state index in [1.165, 1.54) is 0 Å². The molecule has 0 aromatic carbocycles. The molecule has 6 heteroatoms. The van der Waals surface area contributed by atoms with Crippen LogP contribution in [0.5, 0.6) is 5.88 Å². The molecule has 0 radical (unpaired) electrons. The molecule has 2 aromatic rings. The summed E-state index contributed by atoms with van der Waals surface area (Å²) in [7, 11) is 0. The van der Waals surface area contributed by atoms with Gasteiger partial charge in [-0.2, -0.15) is 4.98 Å². The number of rotatable bonds is 5. The summed E-state index contributed by atoms with van der Waals surface area (Å²) in [5, 5.41) is 3.16. The molecule has 0 saturated heterocycles. The minimum Gasteiger partial charge on any atom is -0.475 e. The van der Waals surface area contributed by atoms with E-state index >= 15 is 0 Å². The van der Waals surface area contributed by atoms with Gasteiger partial charge in [-0.05, 0) is 20.8 Å². The van der Waals surface area contributed by atoms with Crippen LogP contribution in [0.2, 0.25) is 0 Å². The fourth-order valence-corrected chi connectivity index (χ4v) is 1.50. The van der Waals surface area contributed by atoms with Crippen molar-refractivity contribution in [3.63, 3.8) is 0 Å². The number of aromatic nitrogens is 4. The molecule has 0 aliphatic rings. The van der Waals surface area contributed by atoms with Gasteiger partial charge in [0, 0.05) is 24.7 Å². The van der Waals surface area contributed by atoms with E-state index in [1.54, 1.807) is 24.7 Å². The number of hydrogen-bond donors (Lipinski definition) is 2. The SMILES string of the molecule is CC(C)Oc1ccnc(NC(C)c2ncc[nH]2)n1. The van der Waals surface area contributed by atoms with Crippen LogP contribution in [0.4, 0.5) is 5.95 Å². The summed E-state index contributed by atoms with van der Waals surface area (Å²) < 4.78 is 5.51. The van der Waals surface area contributed by atoms with E-state index in [-0.39, 0.29) is 12.1 Å². The molecule has 18 heavy (non-hydrogen) atoms. The van der Waals surface area contributed by atoms with Crippen molar-refractivity contribution >= 4 is 5.95 Å². The predicted molar refractivity (Wildman–Crippen MR) is 68.4 cm³/mol. The van der Waals surface area contributed by atoms with E-state index < -0.39 is 0 Å². The minimum atomic E-state index is 0.00861. The van der Waals surface area contributed by atoms with Gasteiger partial charge in [0.05, 0.1) is 12.1 Å². The van der Waals surface area contributed by atoms with Gasteiger partial charge in [-0.25, -0.2) is 9.97 Å². The quantitative estimate of drug-likeness (QED) is 0.846. The van der Waals surface area contributed by atoms with Gasteiger partial charge >= 0.3 is 0 Å². The van der Waals surface area contributed by atoms with Gasteiger partial charge in [-0.1, -0.05) is 0 Å². The van der Waals surface area contributed by atoms with Crippen molar-refractivity contribution in [3.05, 3.63) is 30.5 Å². The molecule has 0 aliphatic heterocycles. The second-order valence-corrected chi connectivity index (χ2v) is 4.23. The summed E-state index contributed by atoms with van der Waals surface area (Å²) in [6.45, 7) is 5.90. The van der Waals surface area contributed by atoms with Crippen molar-refractivity contribution in [3.8, 4) is 5.88 Å². The molecule has 0 fully saturated rings. The normalized spacial score (nSPS) is 12.4. The fourth-order valence-electron chi connectivity index (χ4n) is 1.50. The largest absolute Gasteiger partial charge is 0.475 e. The first-order valence-electron chi connectivity index (χ1n) is 5.90. The maximum absolute atomic E-state index is 5.51. The zero-order valence-electron chi connectivity index (χ0n) is 10.7. The van der Waals surface area contributed by atoms with Crippen LogP contribution < -0.4 is 10.1 Å². The van der Waals surface area contributed by atoms with Gasteiger partial charge in [-0.15, -0.1) is 0 Å². The lowest BCUT2D eigenvalue weighted by atomic mass is 10.3. The maximum atomic E-state index is 5.51. The zero-order chi connectivity index (χ0) is 13.0. The van der Waals surface area contributed by atoms with Crippen molar-refractivity contribution in [2.24, 2.45) is 0 Å². The van der Waals surface area contributed by atoms with Crippen molar-refractivity contribution in [1.82, 2.24) is 19.9 Å². The highest BCUT2D eigenvalue weighted by Crippen LogP contribution is 2.15. The van der Waals surface area contributed by atoms with Gasteiger partial charge in [0.2, 0.25) is 11.8 Å². The topological polar surface area (TPSA) is 75.7 Å². The number of imidazole rings is 1. The summed E-state index contributed by atoms with van der Waals surface area (Å²) >= 11 is 0. The molecule has 2 aromatic heterocycles. The van der Waals surface area contributed by atoms with Crippen molar-refractivity contribution in [2.75, 3.05) is 5.32 Å². The summed E-state index contributed by atoms with van der Waals surface area (Å²) in [5.41, 5.74) is 0. The molecule has 0 saturated carbocycles. The van der Waals surface area contributed by atoms with Crippen LogP contribution in [-0.2, 0) is 0 Å². The predicted octanol–water partition coefficient (Wildman–Crippen LogP) is 2.16. The maximum Gasteiger partial charge on any atom is 0.226 e.